The number of rotatable bonds is 13. The van der Waals surface area contributed by atoms with Crippen LogP contribution in [0.3, 0.4) is 0 Å². The summed E-state index contributed by atoms with van der Waals surface area (Å²) in [6.07, 6.45) is 30.2. The van der Waals surface area contributed by atoms with Crippen molar-refractivity contribution in [3.63, 3.8) is 0 Å². The van der Waals surface area contributed by atoms with E-state index in [9.17, 15) is 0 Å². The van der Waals surface area contributed by atoms with Gasteiger partial charge < -0.3 is 23.3 Å². The number of aromatic nitrogens is 3. The van der Waals surface area contributed by atoms with Crippen molar-refractivity contribution >= 4 is 95.8 Å². The first-order chi connectivity index (χ1) is 47.4. The number of nitrogens with zero attached hydrogens (tertiary/aromatic N) is 4. The number of benzene rings is 9. The molecule has 6 atom stereocenters. The fourth-order valence-electron chi connectivity index (χ4n) is 18.2. The fraction of sp³-hybridized carbons (Fsp3) is 0.209. The van der Waals surface area contributed by atoms with E-state index in [1.165, 1.54) is 129 Å². The van der Waals surface area contributed by atoms with E-state index in [0.29, 0.717) is 41.4 Å². The smallest absolute Gasteiger partial charge is 0.251 e. The van der Waals surface area contributed by atoms with Crippen LogP contribution in [-0.2, 0) is 6.54 Å². The van der Waals surface area contributed by atoms with Crippen LogP contribution in [0.1, 0.15) is 147 Å². The Morgan fingerprint density at radius 1 is 0.588 bits per heavy atom. The van der Waals surface area contributed by atoms with Crippen LogP contribution in [0.5, 0.6) is 11.5 Å². The molecule has 472 valence electrons. The summed E-state index contributed by atoms with van der Waals surface area (Å²) in [5.41, 5.74) is 28.9. The largest absolute Gasteiger partial charge is 0.458 e. The Bertz CT molecular complexity index is 5540. The molecule has 2 fully saturated rings. The van der Waals surface area contributed by atoms with Gasteiger partial charge >= 0.3 is 0 Å². The Balaban J connectivity index is 0.707. The molecule has 5 nitrogen and oxygen atoms in total. The molecule has 97 heavy (non-hydrogen) atoms. The molecule has 6 heteroatoms. The summed E-state index contributed by atoms with van der Waals surface area (Å²) in [7, 11) is 0. The molecule has 6 unspecified atom stereocenters. The quantitative estimate of drug-likeness (QED) is 0.0850. The molecule has 0 saturated heterocycles. The minimum Gasteiger partial charge on any atom is -0.458 e. The molecule has 5 aliphatic carbocycles. The Labute approximate surface area is 570 Å². The molecule has 7 aliphatic rings. The highest BCUT2D eigenvalue weighted by Gasteiger charge is 2.49. The fourth-order valence-corrected chi connectivity index (χ4v) is 18.2. The third kappa shape index (κ3) is 8.90. The van der Waals surface area contributed by atoms with Gasteiger partial charge in [-0.05, 0) is 189 Å². The minimum atomic E-state index is -0.383. The standard InChI is InChI=1S/C91H79BN4O/c1-9-57(21-17-19-44-93-80-28-13-10-24-67(80)69-37-31-62-49-74(62)90(69)93)59-33-41-84-76(47-59)77-27-16-18-43-91(77,8)96(84)66-36-39-79-87(53-66)97-86-52-65(35-38-78(86)92(79)89-71(55(4)5)50-63(54(2)3)51-72(89)56(6)7)94-81-29-14-11-25-68(81)75-46-60(32-40-83(75)94)58-22-20-23-64(45-58)95-82-30-15-12-26-70(82)88-73-48-61(73)34-42-85(88)95/h9-43,45-47,50-56,61-62,73-74,77H,1,44,48-49H2,2-8H3/b19-17-,57-21+. The van der Waals surface area contributed by atoms with Gasteiger partial charge in [0.05, 0.1) is 27.8 Å². The molecule has 0 N–H and O–H groups in total. The van der Waals surface area contributed by atoms with Crippen molar-refractivity contribution < 1.29 is 4.74 Å². The second kappa shape index (κ2) is 21.9. The lowest BCUT2D eigenvalue weighted by molar-refractivity contribution is 0.486. The average Bonchev–Trinajstić information content (AvgIpc) is 1.70. The predicted molar refractivity (Wildman–Crippen MR) is 410 cm³/mol. The third-order valence-electron chi connectivity index (χ3n) is 23.2. The van der Waals surface area contributed by atoms with E-state index in [4.69, 9.17) is 4.74 Å². The molecule has 19 rings (SSSR count). The lowest BCUT2D eigenvalue weighted by Crippen LogP contribution is -2.57. The summed E-state index contributed by atoms with van der Waals surface area (Å²) >= 11 is 0. The van der Waals surface area contributed by atoms with E-state index in [1.807, 2.05) is 6.08 Å². The lowest BCUT2D eigenvalue weighted by atomic mass is 9.34. The van der Waals surface area contributed by atoms with Gasteiger partial charge in [-0.25, -0.2) is 0 Å². The third-order valence-corrected chi connectivity index (χ3v) is 23.2. The van der Waals surface area contributed by atoms with Gasteiger partial charge in [-0.2, -0.15) is 0 Å². The van der Waals surface area contributed by atoms with Crippen LogP contribution < -0.4 is 26.0 Å². The Morgan fingerprint density at radius 2 is 1.26 bits per heavy atom. The van der Waals surface area contributed by atoms with Crippen LogP contribution in [0.25, 0.3) is 83.8 Å². The molecular formula is C91H79BN4O. The summed E-state index contributed by atoms with van der Waals surface area (Å²) in [5.74, 6) is 5.52. The number of allylic oxidation sites excluding steroid dienone is 9. The SMILES string of the molecule is C=C/C(=C\C=C/Cn1c2c(c3ccccc31)C=CC1CC21)c1ccc2c(c1)C1C=CC=CC1(C)N2c1ccc2c(c1)Oc1cc(-n3c4ccccc4c4cc(-c5cccc(-n6c7c(c8ccccc86)C6CC6C=C7)c5)ccc43)ccc1B2c1c(C(C)C)cc(C(C)C)cc1C(C)C. The van der Waals surface area contributed by atoms with Gasteiger partial charge in [-0.3, -0.25) is 0 Å². The van der Waals surface area contributed by atoms with Gasteiger partial charge in [0.2, 0.25) is 0 Å². The van der Waals surface area contributed by atoms with Crippen molar-refractivity contribution in [1.29, 1.82) is 0 Å². The molecule has 0 bridgehead atoms. The summed E-state index contributed by atoms with van der Waals surface area (Å²) < 4.78 is 15.1. The number of fused-ring (bicyclic) bond motifs is 18. The van der Waals surface area contributed by atoms with E-state index >= 15 is 0 Å². The van der Waals surface area contributed by atoms with Gasteiger partial charge in [-0.1, -0.05) is 224 Å². The maximum absolute atomic E-state index is 7.58. The topological polar surface area (TPSA) is 27.3 Å². The van der Waals surface area contributed by atoms with Crippen LogP contribution in [0, 0.1) is 11.8 Å². The highest BCUT2D eigenvalue weighted by molar-refractivity contribution is 6.97. The van der Waals surface area contributed by atoms with Crippen molar-refractivity contribution in [2.75, 3.05) is 4.90 Å². The van der Waals surface area contributed by atoms with Crippen molar-refractivity contribution in [1.82, 2.24) is 13.7 Å². The molecule has 0 radical (unpaired) electrons. The summed E-state index contributed by atoms with van der Waals surface area (Å²) in [6, 6.07) is 69.4. The Morgan fingerprint density at radius 3 is 2.03 bits per heavy atom. The summed E-state index contributed by atoms with van der Waals surface area (Å²) in [5, 5.41) is 5.19. The first-order valence-corrected chi connectivity index (χ1v) is 35.6. The molecule has 3 aromatic heterocycles. The maximum Gasteiger partial charge on any atom is 0.251 e. The normalized spacial score (nSPS) is 20.6. The van der Waals surface area contributed by atoms with Gasteiger partial charge in [-0.15, -0.1) is 0 Å². The van der Waals surface area contributed by atoms with Crippen molar-refractivity contribution in [2.24, 2.45) is 11.8 Å². The molecular weight excluding hydrogens is 1180 g/mol. The Hall–Kier alpha value is -10.3. The molecule has 0 spiro atoms. The van der Waals surface area contributed by atoms with Gasteiger partial charge in [0.25, 0.3) is 6.71 Å². The van der Waals surface area contributed by atoms with E-state index in [2.05, 4.69) is 322 Å². The second-order valence-corrected chi connectivity index (χ2v) is 29.8. The zero-order valence-electron chi connectivity index (χ0n) is 56.5. The molecule has 9 aromatic carbocycles. The average molecular weight is 1260 g/mol. The van der Waals surface area contributed by atoms with Crippen molar-refractivity contribution in [3.8, 4) is 34.0 Å². The molecule has 5 heterocycles. The number of hydrogen-bond acceptors (Lipinski definition) is 2. The van der Waals surface area contributed by atoms with Crippen LogP contribution in [0.15, 0.2) is 249 Å². The van der Waals surface area contributed by atoms with Gasteiger partial charge in [0.15, 0.2) is 0 Å². The van der Waals surface area contributed by atoms with E-state index in [1.54, 1.807) is 0 Å². The van der Waals surface area contributed by atoms with Gasteiger partial charge in [0, 0.05) is 91.6 Å². The summed E-state index contributed by atoms with van der Waals surface area (Å²) in [6.45, 7) is 21.7. The number of ether oxygens (including phenoxy) is 1. The predicted octanol–water partition coefficient (Wildman–Crippen LogP) is 21.5. The zero-order chi connectivity index (χ0) is 65.3. The van der Waals surface area contributed by atoms with E-state index < -0.39 is 0 Å². The number of anilines is 2. The van der Waals surface area contributed by atoms with Crippen LogP contribution in [0.4, 0.5) is 11.4 Å². The number of para-hydroxylation sites is 3. The highest BCUT2D eigenvalue weighted by Crippen LogP contribution is 2.58. The van der Waals surface area contributed by atoms with Crippen LogP contribution >= 0.6 is 0 Å². The minimum absolute atomic E-state index is 0.0749. The van der Waals surface area contributed by atoms with Crippen molar-refractivity contribution in [2.45, 2.75) is 109 Å². The number of hydrogen-bond donors (Lipinski definition) is 0. The molecule has 12 aromatic rings. The maximum atomic E-state index is 7.58. The molecule has 0 amide bonds. The summed E-state index contributed by atoms with van der Waals surface area (Å²) in [4.78, 5) is 2.58. The van der Waals surface area contributed by atoms with E-state index in [-0.39, 0.29) is 18.2 Å². The van der Waals surface area contributed by atoms with E-state index in [0.717, 1.165) is 51.6 Å². The molecule has 2 saturated carbocycles. The monoisotopic (exact) mass is 1250 g/mol. The van der Waals surface area contributed by atoms with Gasteiger partial charge in [0.1, 0.15) is 11.5 Å². The first kappa shape index (κ1) is 58.1. The van der Waals surface area contributed by atoms with Crippen LogP contribution in [0.2, 0.25) is 0 Å². The van der Waals surface area contributed by atoms with Crippen molar-refractivity contribution in [3.05, 3.63) is 300 Å². The first-order valence-electron chi connectivity index (χ1n) is 35.6. The lowest BCUT2D eigenvalue weighted by Gasteiger charge is -2.40. The van der Waals surface area contributed by atoms with Crippen LogP contribution in [-0.4, -0.2) is 26.0 Å². The zero-order valence-corrected chi connectivity index (χ0v) is 56.5. The highest BCUT2D eigenvalue weighted by atomic mass is 16.5. The second-order valence-electron chi connectivity index (χ2n) is 29.8. The Kier molecular flexibility index (Phi) is 13.1. The molecule has 2 aliphatic heterocycles.